The van der Waals surface area contributed by atoms with Gasteiger partial charge in [0.15, 0.2) is 0 Å². The summed E-state index contributed by atoms with van der Waals surface area (Å²) in [4.78, 5) is 11.8. The predicted molar refractivity (Wildman–Crippen MR) is 108 cm³/mol. The zero-order valence-electron chi connectivity index (χ0n) is 16.3. The van der Waals surface area contributed by atoms with Crippen molar-refractivity contribution in [1.82, 2.24) is 9.78 Å². The largest absolute Gasteiger partial charge is 0.591 e. The van der Waals surface area contributed by atoms with Crippen molar-refractivity contribution in [2.24, 2.45) is 4.40 Å². The fourth-order valence-corrected chi connectivity index (χ4v) is 2.97. The molecule has 0 aliphatic rings. The van der Waals surface area contributed by atoms with Gasteiger partial charge in [-0.2, -0.15) is 5.10 Å². The zero-order valence-corrected chi connectivity index (χ0v) is 17.1. The minimum atomic E-state index is -1.60. The quantitative estimate of drug-likeness (QED) is 0.532. The molecule has 0 spiro atoms. The number of phenolic OH excluding ortho intramolecular Hbond substituents is 1. The van der Waals surface area contributed by atoms with Crippen LogP contribution in [0.2, 0.25) is 0 Å². The highest BCUT2D eigenvalue weighted by molar-refractivity contribution is 7.91. The number of hydrogen-bond acceptors (Lipinski definition) is 7. The van der Waals surface area contributed by atoms with Gasteiger partial charge < -0.3 is 19.5 Å². The van der Waals surface area contributed by atoms with Crippen LogP contribution in [0.1, 0.15) is 32.8 Å². The molecule has 152 valence electrons. The van der Waals surface area contributed by atoms with Crippen molar-refractivity contribution >= 4 is 17.1 Å². The van der Waals surface area contributed by atoms with E-state index in [0.717, 1.165) is 4.68 Å². The van der Waals surface area contributed by atoms with Gasteiger partial charge in [-0.1, -0.05) is 4.40 Å². The van der Waals surface area contributed by atoms with Crippen molar-refractivity contribution in [2.75, 3.05) is 7.11 Å². The second kappa shape index (κ2) is 9.22. The molecule has 0 bridgehead atoms. The van der Waals surface area contributed by atoms with Gasteiger partial charge in [-0.3, -0.25) is 4.79 Å². The Labute approximate surface area is 166 Å². The molecular formula is C19H25N3O5S. The molecule has 28 heavy (non-hydrogen) atoms. The molecule has 2 atom stereocenters. The zero-order chi connectivity index (χ0) is 20.9. The van der Waals surface area contributed by atoms with E-state index in [0.29, 0.717) is 11.3 Å². The van der Waals surface area contributed by atoms with E-state index in [9.17, 15) is 19.6 Å². The molecule has 2 N–H and O–H groups in total. The molecule has 0 amide bonds. The van der Waals surface area contributed by atoms with Gasteiger partial charge in [0.05, 0.1) is 19.8 Å². The lowest BCUT2D eigenvalue weighted by Crippen LogP contribution is -2.31. The van der Waals surface area contributed by atoms with Crippen molar-refractivity contribution in [3.63, 3.8) is 0 Å². The number of ether oxygens (including phenoxy) is 1. The van der Waals surface area contributed by atoms with Crippen LogP contribution in [0, 0.1) is 0 Å². The second-order valence-corrected chi connectivity index (χ2v) is 9.09. The molecule has 9 heteroatoms. The maximum absolute atomic E-state index is 12.5. The SMILES string of the molecule is COc1ccc(C(C[C@@H](O)Cn2ncccc2=O)=N[S+]([O-])C(C)(C)C)c(O)c1. The first kappa shape index (κ1) is 21.9. The van der Waals surface area contributed by atoms with Gasteiger partial charge >= 0.3 is 0 Å². The van der Waals surface area contributed by atoms with Crippen molar-refractivity contribution in [2.45, 2.75) is 44.6 Å². The normalized spacial score (nSPS) is 14.6. The number of phenols is 1. The van der Waals surface area contributed by atoms with Crippen LogP contribution >= 0.6 is 0 Å². The molecule has 1 aromatic heterocycles. The van der Waals surface area contributed by atoms with E-state index >= 15 is 0 Å². The Balaban J connectivity index is 2.34. The van der Waals surface area contributed by atoms with E-state index in [1.54, 1.807) is 32.9 Å². The number of methoxy groups -OCH3 is 1. The lowest BCUT2D eigenvalue weighted by Gasteiger charge is -2.21. The molecule has 8 nitrogen and oxygen atoms in total. The van der Waals surface area contributed by atoms with E-state index in [1.807, 2.05) is 0 Å². The third-order valence-corrected chi connectivity index (χ3v) is 5.26. The highest BCUT2D eigenvalue weighted by Gasteiger charge is 2.29. The first-order valence-corrected chi connectivity index (χ1v) is 9.79. The lowest BCUT2D eigenvalue weighted by molar-refractivity contribution is 0.154. The minimum Gasteiger partial charge on any atom is -0.591 e. The third kappa shape index (κ3) is 5.82. The monoisotopic (exact) mass is 407 g/mol. The number of aromatic nitrogens is 2. The van der Waals surface area contributed by atoms with E-state index < -0.39 is 22.2 Å². The second-order valence-electron chi connectivity index (χ2n) is 7.18. The smallest absolute Gasteiger partial charge is 0.266 e. The van der Waals surface area contributed by atoms with Crippen LogP contribution in [0.3, 0.4) is 0 Å². The number of rotatable bonds is 7. The number of aromatic hydroxyl groups is 1. The summed E-state index contributed by atoms with van der Waals surface area (Å²) < 4.78 is 22.4. The average molecular weight is 407 g/mol. The van der Waals surface area contributed by atoms with E-state index in [-0.39, 0.29) is 30.0 Å². The fourth-order valence-electron chi connectivity index (χ4n) is 2.33. The summed E-state index contributed by atoms with van der Waals surface area (Å²) in [5, 5.41) is 24.7. The Morgan fingerprint density at radius 3 is 2.68 bits per heavy atom. The number of benzene rings is 1. The summed E-state index contributed by atoms with van der Waals surface area (Å²) in [5.41, 5.74) is 0.265. The van der Waals surface area contributed by atoms with Crippen molar-refractivity contribution in [3.05, 3.63) is 52.4 Å². The molecule has 1 unspecified atom stereocenters. The van der Waals surface area contributed by atoms with Gasteiger partial charge in [0.1, 0.15) is 33.3 Å². The standard InChI is InChI=1S/C19H25N3O5S/c1-19(2,3)28(26)21-16(15-8-7-14(27-4)11-17(15)24)10-13(23)12-22-18(25)6-5-9-20-22/h5-9,11,13,23-24H,10,12H2,1-4H3/t13-,28?/m1/s1. The third-order valence-electron chi connectivity index (χ3n) is 3.83. The molecule has 0 aliphatic carbocycles. The summed E-state index contributed by atoms with van der Waals surface area (Å²) in [6.07, 6.45) is 0.405. The number of aliphatic hydroxyl groups excluding tert-OH is 1. The Hall–Kier alpha value is -2.36. The summed E-state index contributed by atoms with van der Waals surface area (Å²) in [7, 11) is 1.48. The fraction of sp³-hybridized carbons (Fsp3) is 0.421. The van der Waals surface area contributed by atoms with Gasteiger partial charge in [0.2, 0.25) is 0 Å². The van der Waals surface area contributed by atoms with Gasteiger partial charge in [0, 0.05) is 30.3 Å². The van der Waals surface area contributed by atoms with Crippen LogP contribution in [0.25, 0.3) is 0 Å². The minimum absolute atomic E-state index is 0.0231. The molecule has 0 saturated carbocycles. The van der Waals surface area contributed by atoms with Crippen LogP contribution in [-0.4, -0.2) is 48.2 Å². The van der Waals surface area contributed by atoms with Crippen LogP contribution in [0.4, 0.5) is 0 Å². The predicted octanol–water partition coefficient (Wildman–Crippen LogP) is 1.66. The highest BCUT2D eigenvalue weighted by Crippen LogP contribution is 2.27. The first-order valence-electron chi connectivity index (χ1n) is 8.69. The Morgan fingerprint density at radius 2 is 2.11 bits per heavy atom. The maximum atomic E-state index is 12.5. The lowest BCUT2D eigenvalue weighted by atomic mass is 10.0. The number of nitrogens with zero attached hydrogens (tertiary/aromatic N) is 3. The molecule has 0 fully saturated rings. The molecular weight excluding hydrogens is 382 g/mol. The number of hydrogen-bond donors (Lipinski definition) is 2. The Kier molecular flexibility index (Phi) is 7.22. The van der Waals surface area contributed by atoms with Crippen molar-refractivity contribution < 1.29 is 19.5 Å². The maximum Gasteiger partial charge on any atom is 0.266 e. The number of aliphatic hydroxyl groups is 1. The van der Waals surface area contributed by atoms with Crippen molar-refractivity contribution in [1.29, 1.82) is 0 Å². The van der Waals surface area contributed by atoms with Gasteiger partial charge in [0.25, 0.3) is 5.56 Å². The van der Waals surface area contributed by atoms with E-state index in [2.05, 4.69) is 9.50 Å². The molecule has 1 heterocycles. The van der Waals surface area contributed by atoms with Gasteiger partial charge in [-0.15, -0.1) is 0 Å². The highest BCUT2D eigenvalue weighted by atomic mass is 32.2. The summed E-state index contributed by atoms with van der Waals surface area (Å²) >= 11 is -1.60. The molecule has 2 aromatic rings. The molecule has 1 aromatic carbocycles. The topological polar surface area (TPSA) is 120 Å². The van der Waals surface area contributed by atoms with Crippen LogP contribution < -0.4 is 10.3 Å². The molecule has 0 saturated heterocycles. The molecule has 0 aliphatic heterocycles. The van der Waals surface area contributed by atoms with Crippen LogP contribution in [0.15, 0.2) is 45.7 Å². The van der Waals surface area contributed by atoms with E-state index in [4.69, 9.17) is 4.74 Å². The summed E-state index contributed by atoms with van der Waals surface area (Å²) in [5.74, 6) is 0.351. The summed E-state index contributed by atoms with van der Waals surface area (Å²) in [6.45, 7) is 5.28. The van der Waals surface area contributed by atoms with E-state index in [1.165, 1.54) is 31.5 Å². The van der Waals surface area contributed by atoms with Crippen LogP contribution in [-0.2, 0) is 17.9 Å². The Morgan fingerprint density at radius 1 is 1.39 bits per heavy atom. The first-order chi connectivity index (χ1) is 13.1. The van der Waals surface area contributed by atoms with Gasteiger partial charge in [-0.05, 0) is 39.0 Å². The summed E-state index contributed by atoms with van der Waals surface area (Å²) in [6, 6.07) is 7.51. The Bertz CT molecular complexity index is 892. The van der Waals surface area contributed by atoms with Crippen molar-refractivity contribution in [3.8, 4) is 11.5 Å². The molecule has 0 radical (unpaired) electrons. The van der Waals surface area contributed by atoms with Crippen LogP contribution in [0.5, 0.6) is 11.5 Å². The molecule has 2 rings (SSSR count). The van der Waals surface area contributed by atoms with Gasteiger partial charge in [-0.25, -0.2) is 4.68 Å². The average Bonchev–Trinajstić information content (AvgIpc) is 2.62.